The first kappa shape index (κ1) is 17.9. The zero-order valence-corrected chi connectivity index (χ0v) is 16.1. The standard InChI is InChI=1S/C24H24N4O/c29-24(27-15-18-8-4-5-12-25-18)17-9-10-21-20(14-17)23-19(11-13-26-23)22(28-21)16-6-2-1-3-7-16/h1-10,12,14,19,22-23,26,28H,11,13,15H2,(H,27,29). The number of carbonyl (C=O) groups excluding carboxylic acids is 1. The van der Waals surface area contributed by atoms with Crippen molar-refractivity contribution in [2.24, 2.45) is 5.92 Å². The summed E-state index contributed by atoms with van der Waals surface area (Å²) < 4.78 is 0. The zero-order chi connectivity index (χ0) is 19.6. The average Bonchev–Trinajstić information content (AvgIpc) is 3.28. The van der Waals surface area contributed by atoms with Gasteiger partial charge in [-0.05, 0) is 54.4 Å². The maximum atomic E-state index is 12.7. The van der Waals surface area contributed by atoms with Gasteiger partial charge in [-0.2, -0.15) is 0 Å². The molecule has 0 bridgehead atoms. The second-order valence-electron chi connectivity index (χ2n) is 7.72. The molecule has 5 heteroatoms. The van der Waals surface area contributed by atoms with E-state index in [1.54, 1.807) is 6.20 Å². The van der Waals surface area contributed by atoms with E-state index < -0.39 is 0 Å². The fourth-order valence-corrected chi connectivity index (χ4v) is 4.56. The van der Waals surface area contributed by atoms with Crippen molar-refractivity contribution in [3.8, 4) is 0 Å². The number of pyridine rings is 1. The van der Waals surface area contributed by atoms with Gasteiger partial charge in [-0.1, -0.05) is 36.4 Å². The Bertz CT molecular complexity index is 1010. The molecule has 1 saturated heterocycles. The minimum atomic E-state index is -0.0711. The highest BCUT2D eigenvalue weighted by Gasteiger charge is 2.40. The van der Waals surface area contributed by atoms with Gasteiger partial charge in [-0.15, -0.1) is 0 Å². The predicted molar refractivity (Wildman–Crippen MR) is 114 cm³/mol. The lowest BCUT2D eigenvalue weighted by Crippen LogP contribution is -2.33. The smallest absolute Gasteiger partial charge is 0.251 e. The van der Waals surface area contributed by atoms with E-state index in [4.69, 9.17) is 0 Å². The molecule has 3 heterocycles. The third kappa shape index (κ3) is 3.49. The van der Waals surface area contributed by atoms with Gasteiger partial charge in [0.15, 0.2) is 0 Å². The van der Waals surface area contributed by atoms with Crippen molar-refractivity contribution in [3.63, 3.8) is 0 Å². The quantitative estimate of drug-likeness (QED) is 0.640. The van der Waals surface area contributed by atoms with Crippen molar-refractivity contribution >= 4 is 11.6 Å². The fraction of sp³-hybridized carbons (Fsp3) is 0.250. The summed E-state index contributed by atoms with van der Waals surface area (Å²) in [6, 6.07) is 22.9. The van der Waals surface area contributed by atoms with Crippen molar-refractivity contribution in [1.29, 1.82) is 0 Å². The summed E-state index contributed by atoms with van der Waals surface area (Å²) in [4.78, 5) is 17.0. The Balaban J connectivity index is 1.39. The predicted octanol–water partition coefficient (Wildman–Crippen LogP) is 3.83. The Morgan fingerprint density at radius 2 is 1.90 bits per heavy atom. The summed E-state index contributed by atoms with van der Waals surface area (Å²) in [7, 11) is 0. The molecule has 0 saturated carbocycles. The molecule has 2 aromatic carbocycles. The minimum Gasteiger partial charge on any atom is -0.378 e. The molecule has 0 aliphatic carbocycles. The summed E-state index contributed by atoms with van der Waals surface area (Å²) in [5.74, 6) is 0.398. The molecule has 3 aromatic rings. The molecule has 2 aliphatic heterocycles. The number of hydrogen-bond donors (Lipinski definition) is 3. The van der Waals surface area contributed by atoms with E-state index in [-0.39, 0.29) is 18.0 Å². The van der Waals surface area contributed by atoms with Crippen molar-refractivity contribution in [2.75, 3.05) is 11.9 Å². The molecule has 3 unspecified atom stereocenters. The van der Waals surface area contributed by atoms with Gasteiger partial charge >= 0.3 is 0 Å². The van der Waals surface area contributed by atoms with E-state index in [2.05, 4.69) is 51.3 Å². The number of carbonyl (C=O) groups is 1. The SMILES string of the molecule is O=C(NCc1ccccn1)c1ccc2c(c1)C1NCCC1C(c1ccccc1)N2. The lowest BCUT2D eigenvalue weighted by Gasteiger charge is -2.37. The Kier molecular flexibility index (Phi) is 4.74. The summed E-state index contributed by atoms with van der Waals surface area (Å²) in [6.07, 6.45) is 2.86. The topological polar surface area (TPSA) is 66.0 Å². The summed E-state index contributed by atoms with van der Waals surface area (Å²) >= 11 is 0. The van der Waals surface area contributed by atoms with Gasteiger partial charge in [-0.25, -0.2) is 0 Å². The van der Waals surface area contributed by atoms with Crippen LogP contribution in [-0.2, 0) is 6.54 Å². The molecular weight excluding hydrogens is 360 g/mol. The first-order chi connectivity index (χ1) is 14.3. The molecule has 1 amide bonds. The number of benzene rings is 2. The first-order valence-corrected chi connectivity index (χ1v) is 10.2. The van der Waals surface area contributed by atoms with Gasteiger partial charge in [0.2, 0.25) is 0 Å². The number of nitrogens with one attached hydrogen (secondary N) is 3. The Morgan fingerprint density at radius 1 is 1.03 bits per heavy atom. The molecule has 3 N–H and O–H groups in total. The number of anilines is 1. The Morgan fingerprint density at radius 3 is 2.72 bits per heavy atom. The molecular formula is C24H24N4O. The number of fused-ring (bicyclic) bond motifs is 3. The number of aromatic nitrogens is 1. The highest BCUT2D eigenvalue weighted by molar-refractivity contribution is 5.95. The summed E-state index contributed by atoms with van der Waals surface area (Å²) in [6.45, 7) is 1.42. The van der Waals surface area contributed by atoms with E-state index in [1.807, 2.05) is 36.4 Å². The lowest BCUT2D eigenvalue weighted by molar-refractivity contribution is 0.0950. The van der Waals surface area contributed by atoms with Crippen LogP contribution in [0.15, 0.2) is 72.9 Å². The third-order valence-corrected chi connectivity index (χ3v) is 5.97. The number of hydrogen-bond acceptors (Lipinski definition) is 4. The van der Waals surface area contributed by atoms with Crippen molar-refractivity contribution in [3.05, 3.63) is 95.3 Å². The summed E-state index contributed by atoms with van der Waals surface area (Å²) in [5.41, 5.74) is 5.14. The fourth-order valence-electron chi connectivity index (χ4n) is 4.56. The zero-order valence-electron chi connectivity index (χ0n) is 16.1. The lowest BCUT2D eigenvalue weighted by atomic mass is 9.80. The van der Waals surface area contributed by atoms with Gasteiger partial charge in [0.25, 0.3) is 5.91 Å². The van der Waals surface area contributed by atoms with E-state index in [0.29, 0.717) is 18.0 Å². The van der Waals surface area contributed by atoms with Gasteiger partial charge in [-0.3, -0.25) is 9.78 Å². The van der Waals surface area contributed by atoms with Gasteiger partial charge < -0.3 is 16.0 Å². The van der Waals surface area contributed by atoms with Crippen LogP contribution >= 0.6 is 0 Å². The molecule has 29 heavy (non-hydrogen) atoms. The van der Waals surface area contributed by atoms with Gasteiger partial charge in [0.1, 0.15) is 0 Å². The Hall–Kier alpha value is -3.18. The minimum absolute atomic E-state index is 0.0711. The van der Waals surface area contributed by atoms with Crippen LogP contribution in [0.4, 0.5) is 5.69 Å². The van der Waals surface area contributed by atoms with E-state index in [1.165, 1.54) is 11.1 Å². The van der Waals surface area contributed by atoms with Crippen LogP contribution in [0.5, 0.6) is 0 Å². The maximum absolute atomic E-state index is 12.7. The molecule has 1 fully saturated rings. The van der Waals surface area contributed by atoms with Crippen LogP contribution < -0.4 is 16.0 Å². The normalized spacial score (nSPS) is 22.3. The van der Waals surface area contributed by atoms with Crippen molar-refractivity contribution < 1.29 is 4.79 Å². The molecule has 3 atom stereocenters. The van der Waals surface area contributed by atoms with Crippen molar-refractivity contribution in [2.45, 2.75) is 25.0 Å². The molecule has 0 spiro atoms. The maximum Gasteiger partial charge on any atom is 0.251 e. The van der Waals surface area contributed by atoms with E-state index >= 15 is 0 Å². The average molecular weight is 384 g/mol. The van der Waals surface area contributed by atoms with E-state index in [0.717, 1.165) is 24.3 Å². The highest BCUT2D eigenvalue weighted by Crippen LogP contribution is 2.47. The second kappa shape index (κ2) is 7.68. The van der Waals surface area contributed by atoms with Gasteiger partial charge in [0.05, 0.1) is 18.3 Å². The van der Waals surface area contributed by atoms with E-state index in [9.17, 15) is 4.79 Å². The number of nitrogens with zero attached hydrogens (tertiary/aromatic N) is 1. The molecule has 1 aromatic heterocycles. The third-order valence-electron chi connectivity index (χ3n) is 5.97. The molecule has 5 nitrogen and oxygen atoms in total. The van der Waals surface area contributed by atoms with Crippen molar-refractivity contribution in [1.82, 2.24) is 15.6 Å². The molecule has 2 aliphatic rings. The van der Waals surface area contributed by atoms with Crippen LogP contribution in [0.2, 0.25) is 0 Å². The van der Waals surface area contributed by atoms with Crippen LogP contribution in [-0.4, -0.2) is 17.4 Å². The molecule has 146 valence electrons. The largest absolute Gasteiger partial charge is 0.378 e. The number of amides is 1. The second-order valence-corrected chi connectivity index (χ2v) is 7.72. The molecule has 0 radical (unpaired) electrons. The highest BCUT2D eigenvalue weighted by atomic mass is 16.1. The van der Waals surface area contributed by atoms with Crippen LogP contribution in [0.25, 0.3) is 0 Å². The van der Waals surface area contributed by atoms with Gasteiger partial charge in [0, 0.05) is 29.4 Å². The summed E-state index contributed by atoms with van der Waals surface area (Å²) in [5, 5.41) is 10.4. The first-order valence-electron chi connectivity index (χ1n) is 10.2. The number of rotatable bonds is 4. The van der Waals surface area contributed by atoms with Crippen LogP contribution in [0.3, 0.4) is 0 Å². The monoisotopic (exact) mass is 384 g/mol. The Labute approximate surface area is 170 Å². The van der Waals surface area contributed by atoms with Crippen LogP contribution in [0.1, 0.15) is 45.7 Å². The van der Waals surface area contributed by atoms with Crippen LogP contribution in [0, 0.1) is 5.92 Å². The molecule has 5 rings (SSSR count).